The smallest absolute Gasteiger partial charge is 0.311 e. The lowest BCUT2D eigenvalue weighted by Gasteiger charge is -2.36. The van der Waals surface area contributed by atoms with Gasteiger partial charge in [-0.2, -0.15) is 0 Å². The SMILES string of the molecule is Cc1cccc(N2CCN(C(=O)c3nnc(-c4ccc(F)cc4)o3)CC2)c1C. The number of aromatic nitrogens is 2. The monoisotopic (exact) mass is 380 g/mol. The number of benzene rings is 2. The molecule has 6 nitrogen and oxygen atoms in total. The van der Waals surface area contributed by atoms with Crippen molar-refractivity contribution in [3.05, 3.63) is 65.3 Å². The molecule has 0 bridgehead atoms. The van der Waals surface area contributed by atoms with Gasteiger partial charge in [0.25, 0.3) is 0 Å². The Labute approximate surface area is 162 Å². The van der Waals surface area contributed by atoms with Gasteiger partial charge in [-0.05, 0) is 55.3 Å². The number of halogens is 1. The lowest BCUT2D eigenvalue weighted by atomic mass is 10.1. The van der Waals surface area contributed by atoms with E-state index in [1.54, 1.807) is 17.0 Å². The number of carbonyl (C=O) groups excluding carboxylic acids is 1. The third-order valence-electron chi connectivity index (χ3n) is 5.18. The van der Waals surface area contributed by atoms with E-state index in [1.165, 1.54) is 28.9 Å². The minimum absolute atomic E-state index is 0.0421. The summed E-state index contributed by atoms with van der Waals surface area (Å²) < 4.78 is 18.6. The third-order valence-corrected chi connectivity index (χ3v) is 5.18. The van der Waals surface area contributed by atoms with Crippen molar-refractivity contribution in [2.45, 2.75) is 13.8 Å². The number of amides is 1. The molecule has 2 aromatic carbocycles. The Bertz CT molecular complexity index is 992. The predicted octanol–water partition coefficient (Wildman–Crippen LogP) is 3.45. The van der Waals surface area contributed by atoms with E-state index in [4.69, 9.17) is 4.42 Å². The van der Waals surface area contributed by atoms with Crippen molar-refractivity contribution in [1.29, 1.82) is 0 Å². The van der Waals surface area contributed by atoms with Crippen molar-refractivity contribution < 1.29 is 13.6 Å². The Kier molecular flexibility index (Phi) is 4.81. The topological polar surface area (TPSA) is 62.5 Å². The van der Waals surface area contributed by atoms with Gasteiger partial charge in [-0.1, -0.05) is 12.1 Å². The van der Waals surface area contributed by atoms with Gasteiger partial charge in [-0.15, -0.1) is 10.2 Å². The fraction of sp³-hybridized carbons (Fsp3) is 0.286. The van der Waals surface area contributed by atoms with Crippen LogP contribution in [0.15, 0.2) is 46.9 Å². The summed E-state index contributed by atoms with van der Waals surface area (Å²) in [5.74, 6) is -0.459. The van der Waals surface area contributed by atoms with Crippen LogP contribution in [0, 0.1) is 19.7 Å². The van der Waals surface area contributed by atoms with Crippen LogP contribution in [-0.4, -0.2) is 47.2 Å². The summed E-state index contributed by atoms with van der Waals surface area (Å²) in [6, 6.07) is 12.0. The number of hydrogen-bond acceptors (Lipinski definition) is 5. The molecular weight excluding hydrogens is 359 g/mol. The minimum atomic E-state index is -0.346. The van der Waals surface area contributed by atoms with Gasteiger partial charge in [0.1, 0.15) is 5.82 Å². The van der Waals surface area contributed by atoms with Gasteiger partial charge in [0, 0.05) is 37.4 Å². The highest BCUT2D eigenvalue weighted by molar-refractivity contribution is 5.90. The first kappa shape index (κ1) is 18.2. The number of rotatable bonds is 3. The number of aryl methyl sites for hydroxylation is 1. The summed E-state index contributed by atoms with van der Waals surface area (Å²) in [6.07, 6.45) is 0. The molecule has 1 fully saturated rings. The fourth-order valence-corrected chi connectivity index (χ4v) is 3.38. The number of carbonyl (C=O) groups is 1. The zero-order chi connectivity index (χ0) is 19.7. The second kappa shape index (κ2) is 7.42. The highest BCUT2D eigenvalue weighted by atomic mass is 19.1. The highest BCUT2D eigenvalue weighted by Gasteiger charge is 2.27. The average molecular weight is 380 g/mol. The predicted molar refractivity (Wildman–Crippen MR) is 104 cm³/mol. The Morgan fingerprint density at radius 2 is 1.71 bits per heavy atom. The van der Waals surface area contributed by atoms with Crippen LogP contribution in [-0.2, 0) is 0 Å². The second-order valence-corrected chi connectivity index (χ2v) is 6.92. The lowest BCUT2D eigenvalue weighted by molar-refractivity contribution is 0.0707. The molecule has 7 heteroatoms. The maximum atomic E-state index is 13.0. The van der Waals surface area contributed by atoms with Crippen molar-refractivity contribution in [3.63, 3.8) is 0 Å². The first-order valence-electron chi connectivity index (χ1n) is 9.23. The normalized spacial score (nSPS) is 14.4. The van der Waals surface area contributed by atoms with Gasteiger partial charge >= 0.3 is 11.8 Å². The second-order valence-electron chi connectivity index (χ2n) is 6.92. The van der Waals surface area contributed by atoms with Gasteiger partial charge in [-0.25, -0.2) is 4.39 Å². The van der Waals surface area contributed by atoms with Gasteiger partial charge in [0.15, 0.2) is 0 Å². The minimum Gasteiger partial charge on any atom is -0.412 e. The van der Waals surface area contributed by atoms with Crippen LogP contribution in [0.1, 0.15) is 21.8 Å². The van der Waals surface area contributed by atoms with Gasteiger partial charge in [-0.3, -0.25) is 4.79 Å². The number of piperazine rings is 1. The Morgan fingerprint density at radius 1 is 1.00 bits per heavy atom. The molecule has 1 aliphatic rings. The molecule has 1 amide bonds. The maximum Gasteiger partial charge on any atom is 0.311 e. The molecule has 2 heterocycles. The molecule has 0 atom stereocenters. The summed E-state index contributed by atoms with van der Waals surface area (Å²) in [6.45, 7) is 6.88. The Morgan fingerprint density at radius 3 is 2.43 bits per heavy atom. The number of anilines is 1. The van der Waals surface area contributed by atoms with E-state index in [9.17, 15) is 9.18 Å². The molecule has 0 unspecified atom stereocenters. The molecule has 1 aliphatic heterocycles. The molecule has 3 aromatic rings. The van der Waals surface area contributed by atoms with E-state index in [-0.39, 0.29) is 23.5 Å². The quantitative estimate of drug-likeness (QED) is 0.696. The van der Waals surface area contributed by atoms with E-state index in [2.05, 4.69) is 47.1 Å². The van der Waals surface area contributed by atoms with Crippen molar-refractivity contribution in [2.24, 2.45) is 0 Å². The van der Waals surface area contributed by atoms with Gasteiger partial charge in [0.2, 0.25) is 5.89 Å². The van der Waals surface area contributed by atoms with Gasteiger partial charge < -0.3 is 14.2 Å². The first-order valence-corrected chi connectivity index (χ1v) is 9.23. The Hall–Kier alpha value is -3.22. The van der Waals surface area contributed by atoms with Crippen molar-refractivity contribution in [3.8, 4) is 11.5 Å². The van der Waals surface area contributed by atoms with Crippen LogP contribution in [0.2, 0.25) is 0 Å². The molecule has 0 radical (unpaired) electrons. The lowest BCUT2D eigenvalue weighted by Crippen LogP contribution is -2.49. The van der Waals surface area contributed by atoms with Crippen LogP contribution in [0.3, 0.4) is 0 Å². The van der Waals surface area contributed by atoms with E-state index in [1.807, 2.05) is 0 Å². The van der Waals surface area contributed by atoms with E-state index < -0.39 is 0 Å². The maximum absolute atomic E-state index is 13.0. The molecule has 1 aromatic heterocycles. The number of nitrogens with zero attached hydrogens (tertiary/aromatic N) is 4. The molecule has 28 heavy (non-hydrogen) atoms. The molecule has 0 N–H and O–H groups in total. The molecule has 0 aliphatic carbocycles. The van der Waals surface area contributed by atoms with Crippen molar-refractivity contribution >= 4 is 11.6 Å². The molecule has 144 valence electrons. The van der Waals surface area contributed by atoms with Crippen LogP contribution in [0.5, 0.6) is 0 Å². The van der Waals surface area contributed by atoms with E-state index >= 15 is 0 Å². The first-order chi connectivity index (χ1) is 13.5. The number of hydrogen-bond donors (Lipinski definition) is 0. The van der Waals surface area contributed by atoms with Crippen molar-refractivity contribution in [2.75, 3.05) is 31.1 Å². The molecular formula is C21H21FN4O2. The summed E-state index contributed by atoms with van der Waals surface area (Å²) in [4.78, 5) is 16.7. The Balaban J connectivity index is 1.43. The molecule has 4 rings (SSSR count). The largest absolute Gasteiger partial charge is 0.412 e. The molecule has 1 saturated heterocycles. The van der Waals surface area contributed by atoms with E-state index in [0.717, 1.165) is 13.1 Å². The average Bonchev–Trinajstić information content (AvgIpc) is 3.20. The third kappa shape index (κ3) is 3.47. The summed E-state index contributed by atoms with van der Waals surface area (Å²) in [5, 5.41) is 7.80. The standard InChI is InChI=1S/C21H21FN4O2/c1-14-4-3-5-18(15(14)2)25-10-12-26(13-11-25)21(27)20-24-23-19(28-20)16-6-8-17(22)9-7-16/h3-9H,10-13H2,1-2H3. The van der Waals surface area contributed by atoms with E-state index in [0.29, 0.717) is 18.7 Å². The fourth-order valence-electron chi connectivity index (χ4n) is 3.38. The summed E-state index contributed by atoms with van der Waals surface area (Å²) >= 11 is 0. The van der Waals surface area contributed by atoms with Crippen LogP contribution in [0.25, 0.3) is 11.5 Å². The zero-order valence-electron chi connectivity index (χ0n) is 15.9. The van der Waals surface area contributed by atoms with Crippen LogP contribution in [0.4, 0.5) is 10.1 Å². The molecule has 0 saturated carbocycles. The van der Waals surface area contributed by atoms with Crippen LogP contribution < -0.4 is 4.90 Å². The highest BCUT2D eigenvalue weighted by Crippen LogP contribution is 2.24. The van der Waals surface area contributed by atoms with Gasteiger partial charge in [0.05, 0.1) is 0 Å². The van der Waals surface area contributed by atoms with Crippen LogP contribution >= 0.6 is 0 Å². The summed E-state index contributed by atoms with van der Waals surface area (Å²) in [7, 11) is 0. The van der Waals surface area contributed by atoms with Crippen molar-refractivity contribution in [1.82, 2.24) is 15.1 Å². The zero-order valence-corrected chi connectivity index (χ0v) is 15.9. The molecule has 0 spiro atoms. The summed E-state index contributed by atoms with van der Waals surface area (Å²) in [5.41, 5.74) is 4.31.